The summed E-state index contributed by atoms with van der Waals surface area (Å²) < 4.78 is 11.1. The van der Waals surface area contributed by atoms with Crippen LogP contribution in [-0.4, -0.2) is 22.4 Å². The van der Waals surface area contributed by atoms with Crippen LogP contribution in [0.1, 0.15) is 51.6 Å². The second-order valence-electron chi connectivity index (χ2n) is 7.66. The summed E-state index contributed by atoms with van der Waals surface area (Å²) in [4.78, 5) is 35.2. The average Bonchev–Trinajstić information content (AvgIpc) is 3.45. The predicted molar refractivity (Wildman–Crippen MR) is 118 cm³/mol. The van der Waals surface area contributed by atoms with E-state index in [1.165, 1.54) is 30.5 Å². The molecule has 33 heavy (non-hydrogen) atoms. The van der Waals surface area contributed by atoms with Gasteiger partial charge in [-0.1, -0.05) is 12.1 Å². The van der Waals surface area contributed by atoms with Crippen LogP contribution >= 0.6 is 0 Å². The van der Waals surface area contributed by atoms with E-state index in [0.29, 0.717) is 41.2 Å². The number of hydrazone groups is 1. The van der Waals surface area contributed by atoms with Crippen LogP contribution in [0.5, 0.6) is 0 Å². The number of benzene rings is 1. The topological polar surface area (TPSA) is 140 Å². The molecule has 0 saturated heterocycles. The van der Waals surface area contributed by atoms with Crippen LogP contribution in [0, 0.1) is 17.0 Å². The van der Waals surface area contributed by atoms with E-state index < -0.39 is 4.92 Å². The van der Waals surface area contributed by atoms with Gasteiger partial charge in [0.2, 0.25) is 5.91 Å². The smallest absolute Gasteiger partial charge is 0.287 e. The van der Waals surface area contributed by atoms with Gasteiger partial charge in [-0.3, -0.25) is 19.7 Å². The number of nitrogens with zero attached hydrogens (tertiary/aromatic N) is 2. The Morgan fingerprint density at radius 3 is 2.67 bits per heavy atom. The van der Waals surface area contributed by atoms with Crippen molar-refractivity contribution in [2.45, 2.75) is 39.2 Å². The van der Waals surface area contributed by atoms with E-state index in [-0.39, 0.29) is 36.2 Å². The summed E-state index contributed by atoms with van der Waals surface area (Å²) in [6.07, 6.45) is 3.67. The third-order valence-corrected chi connectivity index (χ3v) is 5.36. The maximum Gasteiger partial charge on any atom is 0.287 e. The SMILES string of the molecule is Cc1c(C(=O)NCc2ccco2)oc2c1/C(=N/NC(=O)Cc1ccc([N+](=O)[O-])cc1)CCC2. The zero-order valence-corrected chi connectivity index (χ0v) is 17.9. The van der Waals surface area contributed by atoms with Gasteiger partial charge in [-0.2, -0.15) is 5.10 Å². The molecule has 0 fully saturated rings. The van der Waals surface area contributed by atoms with E-state index >= 15 is 0 Å². The molecule has 170 valence electrons. The van der Waals surface area contributed by atoms with Crippen LogP contribution in [0.25, 0.3) is 0 Å². The van der Waals surface area contributed by atoms with Gasteiger partial charge in [0.15, 0.2) is 5.76 Å². The maximum atomic E-state index is 12.6. The summed E-state index contributed by atoms with van der Waals surface area (Å²) in [5.74, 6) is 0.833. The first kappa shape index (κ1) is 22.0. The van der Waals surface area contributed by atoms with Gasteiger partial charge in [0.1, 0.15) is 11.5 Å². The molecule has 2 amide bonds. The van der Waals surface area contributed by atoms with Crippen molar-refractivity contribution in [3.8, 4) is 0 Å². The van der Waals surface area contributed by atoms with Gasteiger partial charge in [0.25, 0.3) is 11.6 Å². The maximum absolute atomic E-state index is 12.6. The number of non-ortho nitro benzene ring substituents is 1. The Hall–Kier alpha value is -4.21. The van der Waals surface area contributed by atoms with Crippen molar-refractivity contribution < 1.29 is 23.3 Å². The lowest BCUT2D eigenvalue weighted by atomic mass is 9.93. The molecular weight excluding hydrogens is 428 g/mol. The summed E-state index contributed by atoms with van der Waals surface area (Å²) in [5, 5.41) is 17.8. The highest BCUT2D eigenvalue weighted by molar-refractivity contribution is 6.06. The fourth-order valence-electron chi connectivity index (χ4n) is 3.75. The molecule has 1 aromatic carbocycles. The van der Waals surface area contributed by atoms with Gasteiger partial charge >= 0.3 is 0 Å². The molecular formula is C23H22N4O6. The lowest BCUT2D eigenvalue weighted by Crippen LogP contribution is -2.24. The minimum Gasteiger partial charge on any atom is -0.467 e. The van der Waals surface area contributed by atoms with Crippen molar-refractivity contribution in [3.63, 3.8) is 0 Å². The van der Waals surface area contributed by atoms with E-state index in [1.54, 1.807) is 19.1 Å². The molecule has 0 saturated carbocycles. The Labute approximate surface area is 188 Å². The Bertz CT molecular complexity index is 1210. The largest absolute Gasteiger partial charge is 0.467 e. The molecule has 0 atom stereocenters. The lowest BCUT2D eigenvalue weighted by molar-refractivity contribution is -0.384. The number of amides is 2. The molecule has 1 aliphatic carbocycles. The average molecular weight is 450 g/mol. The van der Waals surface area contributed by atoms with E-state index in [0.717, 1.165) is 12.0 Å². The van der Waals surface area contributed by atoms with E-state index in [2.05, 4.69) is 15.8 Å². The van der Waals surface area contributed by atoms with Crippen molar-refractivity contribution in [2.75, 3.05) is 0 Å². The van der Waals surface area contributed by atoms with Crippen molar-refractivity contribution in [3.05, 3.63) is 86.7 Å². The summed E-state index contributed by atoms with van der Waals surface area (Å²) in [7, 11) is 0. The summed E-state index contributed by atoms with van der Waals surface area (Å²) in [6.45, 7) is 2.04. The van der Waals surface area contributed by atoms with Crippen molar-refractivity contribution in [2.24, 2.45) is 5.10 Å². The van der Waals surface area contributed by atoms with E-state index in [4.69, 9.17) is 8.83 Å². The molecule has 2 heterocycles. The molecule has 2 aromatic heterocycles. The number of aryl methyl sites for hydroxylation is 1. The number of fused-ring (bicyclic) bond motifs is 1. The highest BCUT2D eigenvalue weighted by atomic mass is 16.6. The molecule has 4 rings (SSSR count). The van der Waals surface area contributed by atoms with E-state index in [1.807, 2.05) is 0 Å². The number of hydrogen-bond acceptors (Lipinski definition) is 7. The zero-order valence-electron chi connectivity index (χ0n) is 17.9. The van der Waals surface area contributed by atoms with Crippen LogP contribution in [-0.2, 0) is 24.2 Å². The first-order valence-electron chi connectivity index (χ1n) is 10.4. The molecule has 1 aliphatic rings. The monoisotopic (exact) mass is 450 g/mol. The molecule has 10 heteroatoms. The quantitative estimate of drug-likeness (QED) is 0.417. The third kappa shape index (κ3) is 5.00. The Morgan fingerprint density at radius 2 is 1.97 bits per heavy atom. The van der Waals surface area contributed by atoms with Crippen molar-refractivity contribution >= 4 is 23.2 Å². The van der Waals surface area contributed by atoms with Crippen molar-refractivity contribution in [1.82, 2.24) is 10.7 Å². The number of nitro groups is 1. The second kappa shape index (κ2) is 9.51. The first-order valence-corrected chi connectivity index (χ1v) is 10.4. The third-order valence-electron chi connectivity index (χ3n) is 5.36. The fourth-order valence-corrected chi connectivity index (χ4v) is 3.75. The van der Waals surface area contributed by atoms with Crippen molar-refractivity contribution in [1.29, 1.82) is 0 Å². The van der Waals surface area contributed by atoms with Crippen LogP contribution in [0.3, 0.4) is 0 Å². The molecule has 3 aromatic rings. The number of nitro benzene ring substituents is 1. The normalized spacial score (nSPS) is 14.0. The summed E-state index contributed by atoms with van der Waals surface area (Å²) in [5.41, 5.74) is 5.23. The van der Waals surface area contributed by atoms with Crippen LogP contribution in [0.2, 0.25) is 0 Å². The molecule has 0 radical (unpaired) electrons. The van der Waals surface area contributed by atoms with Gasteiger partial charge in [-0.25, -0.2) is 5.43 Å². The molecule has 10 nitrogen and oxygen atoms in total. The van der Waals surface area contributed by atoms with Gasteiger partial charge in [-0.05, 0) is 37.5 Å². The standard InChI is InChI=1S/C23H22N4O6/c1-14-21-18(25-26-20(28)12-15-7-9-16(10-8-15)27(30)31)5-2-6-19(21)33-22(14)23(29)24-13-17-4-3-11-32-17/h3-4,7-11H,2,5-6,12-13H2,1H3,(H,24,29)(H,26,28)/b25-18+. The number of hydrogen-bond donors (Lipinski definition) is 2. The molecule has 0 spiro atoms. The zero-order chi connectivity index (χ0) is 23.4. The second-order valence-corrected chi connectivity index (χ2v) is 7.66. The molecule has 0 unspecified atom stereocenters. The minimum atomic E-state index is -0.491. The van der Waals surface area contributed by atoms with Gasteiger partial charge in [0, 0.05) is 29.7 Å². The Kier molecular flexibility index (Phi) is 6.34. The molecule has 0 aliphatic heterocycles. The van der Waals surface area contributed by atoms with Crippen LogP contribution in [0.4, 0.5) is 5.69 Å². The Morgan fingerprint density at radius 1 is 1.18 bits per heavy atom. The van der Waals surface area contributed by atoms with E-state index in [9.17, 15) is 19.7 Å². The number of carbonyl (C=O) groups is 2. The number of rotatable bonds is 7. The number of carbonyl (C=O) groups excluding carboxylic acids is 2. The van der Waals surface area contributed by atoms with Gasteiger partial charge in [0.05, 0.1) is 29.9 Å². The van der Waals surface area contributed by atoms with Crippen LogP contribution in [0.15, 0.2) is 56.6 Å². The number of furan rings is 2. The Balaban J connectivity index is 1.44. The van der Waals surface area contributed by atoms with Crippen LogP contribution < -0.4 is 10.7 Å². The summed E-state index contributed by atoms with van der Waals surface area (Å²) in [6, 6.07) is 9.31. The minimum absolute atomic E-state index is 0.0337. The highest BCUT2D eigenvalue weighted by Gasteiger charge is 2.28. The highest BCUT2D eigenvalue weighted by Crippen LogP contribution is 2.30. The summed E-state index contributed by atoms with van der Waals surface area (Å²) >= 11 is 0. The predicted octanol–water partition coefficient (Wildman–Crippen LogP) is 3.42. The first-order chi connectivity index (χ1) is 15.9. The molecule has 2 N–H and O–H groups in total. The van der Waals surface area contributed by atoms with Gasteiger partial charge in [-0.15, -0.1) is 0 Å². The lowest BCUT2D eigenvalue weighted by Gasteiger charge is -2.13. The van der Waals surface area contributed by atoms with Gasteiger partial charge < -0.3 is 14.2 Å². The fraction of sp³-hybridized carbons (Fsp3) is 0.261. The number of nitrogens with one attached hydrogen (secondary N) is 2. The molecule has 0 bridgehead atoms.